The summed E-state index contributed by atoms with van der Waals surface area (Å²) in [4.78, 5) is 27.6. The molecule has 1 unspecified atom stereocenters. The number of likely N-dealkylation sites (N-methyl/N-ethyl adjacent to an activating group) is 1. The summed E-state index contributed by atoms with van der Waals surface area (Å²) >= 11 is 0. The van der Waals surface area contributed by atoms with Crippen molar-refractivity contribution in [1.29, 1.82) is 0 Å². The molecule has 4 rings (SSSR count). The summed E-state index contributed by atoms with van der Waals surface area (Å²) in [6, 6.07) is 0. The zero-order chi connectivity index (χ0) is 17.9. The summed E-state index contributed by atoms with van der Waals surface area (Å²) in [6.07, 6.45) is 2.90. The largest absolute Gasteiger partial charge is 0.366 e. The lowest BCUT2D eigenvalue weighted by molar-refractivity contribution is 0.0337. The van der Waals surface area contributed by atoms with Gasteiger partial charge in [-0.2, -0.15) is 5.21 Å². The number of H-pyrrole nitrogens is 1. The fourth-order valence-electron chi connectivity index (χ4n) is 3.10. The van der Waals surface area contributed by atoms with Crippen LogP contribution in [0.3, 0.4) is 0 Å². The van der Waals surface area contributed by atoms with Crippen molar-refractivity contribution in [2.45, 2.75) is 6.10 Å². The summed E-state index contributed by atoms with van der Waals surface area (Å²) in [6.45, 7) is 4.86. The number of carbonyl (C=O) groups excluding carboxylic acids is 1. The minimum Gasteiger partial charge on any atom is -0.366 e. The van der Waals surface area contributed by atoms with Crippen LogP contribution in [0.15, 0.2) is 12.4 Å². The first-order valence-electron chi connectivity index (χ1n) is 8.60. The molecule has 11 heteroatoms. The van der Waals surface area contributed by atoms with Gasteiger partial charge < -0.3 is 19.4 Å². The molecule has 1 N–H and O–H groups in total. The van der Waals surface area contributed by atoms with Crippen LogP contribution in [0.5, 0.6) is 0 Å². The number of aromatic nitrogens is 6. The molecule has 1 atom stereocenters. The number of amides is 1. The highest BCUT2D eigenvalue weighted by Gasteiger charge is 2.27. The van der Waals surface area contributed by atoms with Crippen molar-refractivity contribution in [3.05, 3.63) is 23.9 Å². The zero-order valence-corrected chi connectivity index (χ0v) is 14.6. The van der Waals surface area contributed by atoms with Crippen molar-refractivity contribution in [2.24, 2.45) is 0 Å². The lowest BCUT2D eigenvalue weighted by atomic mass is 10.2. The van der Waals surface area contributed by atoms with Gasteiger partial charge in [-0.15, -0.1) is 10.2 Å². The third kappa shape index (κ3) is 3.48. The number of piperazine rings is 1. The van der Waals surface area contributed by atoms with E-state index < -0.39 is 0 Å². The van der Waals surface area contributed by atoms with Crippen molar-refractivity contribution in [3.8, 4) is 0 Å². The second kappa shape index (κ2) is 7.30. The molecule has 11 nitrogen and oxygen atoms in total. The molecule has 4 heterocycles. The first-order chi connectivity index (χ1) is 12.7. The summed E-state index contributed by atoms with van der Waals surface area (Å²) < 4.78 is 5.70. The van der Waals surface area contributed by atoms with E-state index in [0.29, 0.717) is 50.1 Å². The molecular formula is C15H21N9O2. The Morgan fingerprint density at radius 1 is 1.23 bits per heavy atom. The maximum absolute atomic E-state index is 12.7. The highest BCUT2D eigenvalue weighted by molar-refractivity contribution is 5.92. The van der Waals surface area contributed by atoms with Crippen LogP contribution >= 0.6 is 0 Å². The molecule has 2 aliphatic rings. The van der Waals surface area contributed by atoms with Crippen molar-refractivity contribution in [1.82, 2.24) is 40.4 Å². The van der Waals surface area contributed by atoms with Crippen molar-refractivity contribution >= 4 is 11.7 Å². The molecule has 0 radical (unpaired) electrons. The lowest BCUT2D eigenvalue weighted by Crippen LogP contribution is -2.47. The van der Waals surface area contributed by atoms with E-state index in [0.717, 1.165) is 13.1 Å². The second-order valence-electron chi connectivity index (χ2n) is 6.43. The van der Waals surface area contributed by atoms with E-state index in [2.05, 4.69) is 42.5 Å². The number of hydrogen-bond acceptors (Lipinski definition) is 9. The first-order valence-corrected chi connectivity index (χ1v) is 8.60. The van der Waals surface area contributed by atoms with Gasteiger partial charge in [0.2, 0.25) is 5.82 Å². The second-order valence-corrected chi connectivity index (χ2v) is 6.43. The molecule has 2 fully saturated rings. The standard InChI is InChI=1S/C15H21N9O2/c1-22-2-4-23(5-3-22)15(25)11-8-16-9-13(17-11)24-6-7-26-12(10-24)14-18-20-21-19-14/h8-9,12H,2-7,10H2,1H3,(H,18,19,20,21). The van der Waals surface area contributed by atoms with E-state index in [-0.39, 0.29) is 12.0 Å². The van der Waals surface area contributed by atoms with E-state index in [1.807, 2.05) is 9.80 Å². The summed E-state index contributed by atoms with van der Waals surface area (Å²) in [7, 11) is 2.06. The van der Waals surface area contributed by atoms with Gasteiger partial charge in [0.25, 0.3) is 5.91 Å². The van der Waals surface area contributed by atoms with E-state index in [1.54, 1.807) is 6.20 Å². The fourth-order valence-corrected chi connectivity index (χ4v) is 3.10. The smallest absolute Gasteiger partial charge is 0.274 e. The topological polar surface area (TPSA) is 116 Å². The van der Waals surface area contributed by atoms with Gasteiger partial charge in [-0.1, -0.05) is 5.21 Å². The van der Waals surface area contributed by atoms with Crippen LogP contribution in [-0.4, -0.2) is 99.2 Å². The summed E-state index contributed by atoms with van der Waals surface area (Å²) in [5, 5.41) is 14.0. The van der Waals surface area contributed by atoms with Gasteiger partial charge in [0.05, 0.1) is 25.5 Å². The normalized spacial score (nSPS) is 21.8. The Labute approximate surface area is 150 Å². The molecule has 1 amide bonds. The first kappa shape index (κ1) is 16.8. The van der Waals surface area contributed by atoms with Crippen molar-refractivity contribution in [3.63, 3.8) is 0 Å². The van der Waals surface area contributed by atoms with Crippen molar-refractivity contribution < 1.29 is 9.53 Å². The Kier molecular flexibility index (Phi) is 4.71. The summed E-state index contributed by atoms with van der Waals surface area (Å²) in [5.74, 6) is 1.09. The number of rotatable bonds is 3. The van der Waals surface area contributed by atoms with Gasteiger partial charge >= 0.3 is 0 Å². The number of nitrogens with one attached hydrogen (secondary N) is 1. The predicted molar refractivity (Wildman–Crippen MR) is 90.5 cm³/mol. The number of anilines is 1. The minimum atomic E-state index is -0.290. The highest BCUT2D eigenvalue weighted by Crippen LogP contribution is 2.22. The van der Waals surface area contributed by atoms with Crippen LogP contribution in [-0.2, 0) is 4.74 Å². The quantitative estimate of drug-likeness (QED) is 0.733. The average molecular weight is 359 g/mol. The number of hydrogen-bond donors (Lipinski definition) is 1. The fraction of sp³-hybridized carbons (Fsp3) is 0.600. The molecule has 2 aromatic rings. The van der Waals surface area contributed by atoms with Crippen LogP contribution in [0, 0.1) is 0 Å². The van der Waals surface area contributed by atoms with Gasteiger partial charge in [0.1, 0.15) is 17.6 Å². The van der Waals surface area contributed by atoms with Gasteiger partial charge in [0.15, 0.2) is 0 Å². The summed E-state index contributed by atoms with van der Waals surface area (Å²) in [5.41, 5.74) is 0.370. The molecule has 138 valence electrons. The number of morpholine rings is 1. The highest BCUT2D eigenvalue weighted by atomic mass is 16.5. The Balaban J connectivity index is 1.47. The van der Waals surface area contributed by atoms with E-state index >= 15 is 0 Å². The van der Waals surface area contributed by atoms with Crippen LogP contribution in [0.25, 0.3) is 0 Å². The van der Waals surface area contributed by atoms with Crippen LogP contribution in [0.1, 0.15) is 22.4 Å². The Morgan fingerprint density at radius 3 is 2.85 bits per heavy atom. The van der Waals surface area contributed by atoms with E-state index in [1.165, 1.54) is 6.20 Å². The number of carbonyl (C=O) groups is 1. The van der Waals surface area contributed by atoms with Crippen LogP contribution in [0.4, 0.5) is 5.82 Å². The molecule has 0 saturated carbocycles. The molecule has 0 aromatic carbocycles. The number of nitrogens with zero attached hydrogens (tertiary/aromatic N) is 8. The predicted octanol–water partition coefficient (Wildman–Crippen LogP) is -1.04. The van der Waals surface area contributed by atoms with Gasteiger partial charge in [-0.25, -0.2) is 4.98 Å². The Hall–Kier alpha value is -2.66. The van der Waals surface area contributed by atoms with Crippen LogP contribution < -0.4 is 4.90 Å². The maximum atomic E-state index is 12.7. The molecule has 2 aromatic heterocycles. The zero-order valence-electron chi connectivity index (χ0n) is 14.6. The Bertz CT molecular complexity index is 745. The molecule has 2 saturated heterocycles. The molecule has 0 aliphatic carbocycles. The monoisotopic (exact) mass is 359 g/mol. The number of ether oxygens (including phenoxy) is 1. The van der Waals surface area contributed by atoms with Gasteiger partial charge in [-0.3, -0.25) is 9.78 Å². The molecule has 0 bridgehead atoms. The number of aromatic amines is 1. The SMILES string of the molecule is CN1CCN(C(=O)c2cncc(N3CCOC(c4nn[nH]n4)C3)n2)CC1. The van der Waals surface area contributed by atoms with E-state index in [9.17, 15) is 4.79 Å². The van der Waals surface area contributed by atoms with Gasteiger partial charge in [-0.05, 0) is 7.05 Å². The number of tetrazole rings is 1. The Morgan fingerprint density at radius 2 is 2.08 bits per heavy atom. The molecule has 2 aliphatic heterocycles. The third-order valence-electron chi connectivity index (χ3n) is 4.67. The lowest BCUT2D eigenvalue weighted by Gasteiger charge is -2.33. The molecule has 0 spiro atoms. The maximum Gasteiger partial charge on any atom is 0.274 e. The van der Waals surface area contributed by atoms with E-state index in [4.69, 9.17) is 4.74 Å². The van der Waals surface area contributed by atoms with Crippen LogP contribution in [0.2, 0.25) is 0 Å². The van der Waals surface area contributed by atoms with Gasteiger partial charge in [0, 0.05) is 32.7 Å². The molecular weight excluding hydrogens is 338 g/mol. The third-order valence-corrected chi connectivity index (χ3v) is 4.67. The average Bonchev–Trinajstić information content (AvgIpc) is 3.23. The minimum absolute atomic E-state index is 0.0737. The molecule has 26 heavy (non-hydrogen) atoms. The van der Waals surface area contributed by atoms with Crippen molar-refractivity contribution in [2.75, 3.05) is 57.8 Å².